The van der Waals surface area contributed by atoms with Gasteiger partial charge in [0.1, 0.15) is 12.7 Å². The Morgan fingerprint density at radius 2 is 2.39 bits per heavy atom. The van der Waals surface area contributed by atoms with Crippen LogP contribution in [-0.2, 0) is 6.54 Å². The minimum absolute atomic E-state index is 0.104. The van der Waals surface area contributed by atoms with Gasteiger partial charge in [-0.05, 0) is 37.8 Å². The first-order chi connectivity index (χ1) is 11.3. The summed E-state index contributed by atoms with van der Waals surface area (Å²) in [5.41, 5.74) is 0. The Kier molecular flexibility index (Phi) is 3.92. The monoisotopic (exact) mass is 330 g/mol. The third-order valence-corrected chi connectivity index (χ3v) is 5.17. The molecular formula is C15H18N6OS. The van der Waals surface area contributed by atoms with Crippen molar-refractivity contribution in [1.29, 1.82) is 0 Å². The van der Waals surface area contributed by atoms with Gasteiger partial charge in [-0.2, -0.15) is 5.10 Å². The molecule has 23 heavy (non-hydrogen) atoms. The summed E-state index contributed by atoms with van der Waals surface area (Å²) in [6.07, 6.45) is 5.67. The number of hydrogen-bond acceptors (Lipinski definition) is 7. The lowest BCUT2D eigenvalue weighted by atomic mass is 10.2. The van der Waals surface area contributed by atoms with E-state index in [1.54, 1.807) is 24.0 Å². The van der Waals surface area contributed by atoms with Crippen LogP contribution in [0.2, 0.25) is 0 Å². The first kappa shape index (κ1) is 14.5. The molecule has 4 rings (SSSR count). The van der Waals surface area contributed by atoms with Crippen LogP contribution in [0.5, 0.6) is 0 Å². The summed E-state index contributed by atoms with van der Waals surface area (Å²) >= 11 is 1.61. The summed E-state index contributed by atoms with van der Waals surface area (Å²) in [7, 11) is 0. The minimum atomic E-state index is 0.104. The van der Waals surface area contributed by atoms with E-state index in [-0.39, 0.29) is 6.04 Å². The lowest BCUT2D eigenvalue weighted by molar-refractivity contribution is 0.152. The van der Waals surface area contributed by atoms with Gasteiger partial charge in [-0.3, -0.25) is 9.58 Å². The molecule has 0 radical (unpaired) electrons. The molecule has 120 valence electrons. The van der Waals surface area contributed by atoms with E-state index in [0.717, 1.165) is 24.4 Å². The molecule has 8 heteroatoms. The lowest BCUT2D eigenvalue weighted by Gasteiger charge is -2.28. The van der Waals surface area contributed by atoms with Gasteiger partial charge in [-0.25, -0.2) is 4.98 Å². The highest BCUT2D eigenvalue weighted by Crippen LogP contribution is 2.31. The quantitative estimate of drug-likeness (QED) is 0.716. The largest absolute Gasteiger partial charge is 0.418 e. The number of rotatable bonds is 5. The van der Waals surface area contributed by atoms with Crippen LogP contribution in [0.15, 0.2) is 34.6 Å². The molecule has 0 bridgehead atoms. The van der Waals surface area contributed by atoms with Crippen LogP contribution in [0.1, 0.15) is 31.7 Å². The Labute approximate surface area is 138 Å². The van der Waals surface area contributed by atoms with Crippen LogP contribution < -0.4 is 0 Å². The van der Waals surface area contributed by atoms with Crippen molar-refractivity contribution in [2.75, 3.05) is 6.54 Å². The summed E-state index contributed by atoms with van der Waals surface area (Å²) in [5, 5.41) is 14.7. The zero-order valence-corrected chi connectivity index (χ0v) is 13.7. The summed E-state index contributed by atoms with van der Waals surface area (Å²) in [6, 6.07) is 4.51. The summed E-state index contributed by atoms with van der Waals surface area (Å²) in [4.78, 5) is 7.45. The van der Waals surface area contributed by atoms with Gasteiger partial charge in [0, 0.05) is 6.04 Å². The fourth-order valence-corrected chi connectivity index (χ4v) is 3.80. The van der Waals surface area contributed by atoms with E-state index < -0.39 is 0 Å². The third kappa shape index (κ3) is 2.91. The van der Waals surface area contributed by atoms with E-state index in [1.165, 1.54) is 6.42 Å². The van der Waals surface area contributed by atoms with Crippen LogP contribution in [-0.4, -0.2) is 42.4 Å². The first-order valence-corrected chi connectivity index (χ1v) is 8.64. The molecule has 7 nitrogen and oxygen atoms in total. The highest BCUT2D eigenvalue weighted by Gasteiger charge is 2.32. The average Bonchev–Trinajstić information content (AvgIpc) is 3.33. The number of likely N-dealkylation sites (tertiary alicyclic amines) is 1. The molecule has 4 heterocycles. The van der Waals surface area contributed by atoms with Gasteiger partial charge in [0.15, 0.2) is 0 Å². The maximum atomic E-state index is 5.90. The number of thiophene rings is 1. The molecule has 0 unspecified atom stereocenters. The van der Waals surface area contributed by atoms with Crippen LogP contribution in [0.25, 0.3) is 10.8 Å². The van der Waals surface area contributed by atoms with Crippen molar-refractivity contribution in [3.8, 4) is 10.8 Å². The van der Waals surface area contributed by atoms with Crippen LogP contribution in [0, 0.1) is 0 Å². The van der Waals surface area contributed by atoms with Crippen molar-refractivity contribution in [2.24, 2.45) is 0 Å². The molecule has 0 N–H and O–H groups in total. The highest BCUT2D eigenvalue weighted by atomic mass is 32.1. The van der Waals surface area contributed by atoms with E-state index in [1.807, 2.05) is 22.2 Å². The molecule has 1 aliphatic heterocycles. The standard InChI is InChI=1S/C15H18N6OS/c1-11(14-18-19-15(22-14)13-5-3-7-23-13)21-6-2-4-12(21)8-20-10-16-9-17-20/h3,5,7,9-12H,2,4,6,8H2,1H3/t11-,12+/m0/s1. The molecule has 1 fully saturated rings. The molecule has 3 aromatic heterocycles. The van der Waals surface area contributed by atoms with Gasteiger partial charge < -0.3 is 4.42 Å². The second-order valence-corrected chi connectivity index (χ2v) is 6.70. The number of aromatic nitrogens is 5. The van der Waals surface area contributed by atoms with Gasteiger partial charge in [-0.1, -0.05) is 6.07 Å². The molecule has 3 aromatic rings. The van der Waals surface area contributed by atoms with E-state index in [9.17, 15) is 0 Å². The normalized spacial score (nSPS) is 20.1. The smallest absolute Gasteiger partial charge is 0.257 e. The van der Waals surface area contributed by atoms with Gasteiger partial charge in [0.25, 0.3) is 5.89 Å². The maximum absolute atomic E-state index is 5.90. The van der Waals surface area contributed by atoms with E-state index in [2.05, 4.69) is 32.1 Å². The van der Waals surface area contributed by atoms with Crippen molar-refractivity contribution in [2.45, 2.75) is 38.4 Å². The molecule has 0 aliphatic carbocycles. The fourth-order valence-electron chi connectivity index (χ4n) is 3.15. The third-order valence-electron chi connectivity index (χ3n) is 4.31. The van der Waals surface area contributed by atoms with Crippen molar-refractivity contribution in [3.63, 3.8) is 0 Å². The molecular weight excluding hydrogens is 312 g/mol. The van der Waals surface area contributed by atoms with Crippen LogP contribution in [0.3, 0.4) is 0 Å². The predicted molar refractivity (Wildman–Crippen MR) is 85.8 cm³/mol. The predicted octanol–water partition coefficient (Wildman–Crippen LogP) is 2.62. The Balaban J connectivity index is 1.50. The van der Waals surface area contributed by atoms with E-state index >= 15 is 0 Å². The van der Waals surface area contributed by atoms with Gasteiger partial charge in [0.2, 0.25) is 5.89 Å². The van der Waals surface area contributed by atoms with Crippen molar-refractivity contribution in [1.82, 2.24) is 29.9 Å². The summed E-state index contributed by atoms with van der Waals surface area (Å²) in [6.45, 7) is 4.01. The SMILES string of the molecule is C[C@@H](c1nnc(-c2cccs2)o1)N1CCC[C@@H]1Cn1cncn1. The van der Waals surface area contributed by atoms with E-state index in [0.29, 0.717) is 17.8 Å². The Morgan fingerprint density at radius 1 is 1.43 bits per heavy atom. The number of nitrogens with zero attached hydrogens (tertiary/aromatic N) is 6. The zero-order valence-electron chi connectivity index (χ0n) is 12.9. The van der Waals surface area contributed by atoms with Crippen molar-refractivity contribution < 1.29 is 4.42 Å². The second-order valence-electron chi connectivity index (χ2n) is 5.75. The van der Waals surface area contributed by atoms with Crippen molar-refractivity contribution >= 4 is 11.3 Å². The fraction of sp³-hybridized carbons (Fsp3) is 0.467. The van der Waals surface area contributed by atoms with Crippen molar-refractivity contribution in [3.05, 3.63) is 36.1 Å². The molecule has 0 spiro atoms. The summed E-state index contributed by atoms with van der Waals surface area (Å²) < 4.78 is 7.79. The number of hydrogen-bond donors (Lipinski definition) is 0. The van der Waals surface area contributed by atoms with Gasteiger partial charge in [0.05, 0.1) is 17.5 Å². The molecule has 2 atom stereocenters. The maximum Gasteiger partial charge on any atom is 0.257 e. The minimum Gasteiger partial charge on any atom is -0.418 e. The zero-order chi connectivity index (χ0) is 15.6. The Hall–Kier alpha value is -2.06. The highest BCUT2D eigenvalue weighted by molar-refractivity contribution is 7.13. The molecule has 1 saturated heterocycles. The lowest BCUT2D eigenvalue weighted by Crippen LogP contribution is -2.35. The Morgan fingerprint density at radius 3 is 3.17 bits per heavy atom. The average molecular weight is 330 g/mol. The second kappa shape index (κ2) is 6.21. The summed E-state index contributed by atoms with van der Waals surface area (Å²) in [5.74, 6) is 1.28. The topological polar surface area (TPSA) is 72.9 Å². The van der Waals surface area contributed by atoms with Gasteiger partial charge >= 0.3 is 0 Å². The molecule has 1 aliphatic rings. The van der Waals surface area contributed by atoms with Crippen LogP contribution in [0.4, 0.5) is 0 Å². The first-order valence-electron chi connectivity index (χ1n) is 7.76. The molecule has 0 aromatic carbocycles. The van der Waals surface area contributed by atoms with Crippen LogP contribution >= 0.6 is 11.3 Å². The molecule has 0 saturated carbocycles. The Bertz CT molecular complexity index is 738. The van der Waals surface area contributed by atoms with E-state index in [4.69, 9.17) is 4.42 Å². The van der Waals surface area contributed by atoms with Gasteiger partial charge in [-0.15, -0.1) is 21.5 Å². The molecule has 0 amide bonds.